The van der Waals surface area contributed by atoms with Crippen LogP contribution in [0.4, 0.5) is 0 Å². The maximum absolute atomic E-state index is 12.3. The quantitative estimate of drug-likeness (QED) is 0.858. The average molecular weight is 265 g/mol. The highest BCUT2D eigenvalue weighted by Crippen LogP contribution is 2.30. The van der Waals surface area contributed by atoms with Gasteiger partial charge in [0, 0.05) is 25.4 Å². The minimum atomic E-state index is -0.786. The van der Waals surface area contributed by atoms with E-state index in [9.17, 15) is 9.59 Å². The van der Waals surface area contributed by atoms with Gasteiger partial charge in [-0.25, -0.2) is 4.98 Å². The van der Waals surface area contributed by atoms with Crippen molar-refractivity contribution in [3.8, 4) is 0 Å². The first-order valence-corrected chi connectivity index (χ1v) is 6.54. The third kappa shape index (κ3) is 3.33. The lowest BCUT2D eigenvalue weighted by Gasteiger charge is -2.29. The SMILES string of the molecule is CN(Cc1ncc[nH]1)C(=O)C1CCCC(C(=O)O)C1. The number of imidazole rings is 1. The van der Waals surface area contributed by atoms with Crippen molar-refractivity contribution < 1.29 is 14.7 Å². The normalized spacial score (nSPS) is 23.0. The van der Waals surface area contributed by atoms with Gasteiger partial charge in [0.15, 0.2) is 0 Å². The molecule has 1 aromatic heterocycles. The van der Waals surface area contributed by atoms with Crippen molar-refractivity contribution in [2.45, 2.75) is 32.2 Å². The number of hydrogen-bond acceptors (Lipinski definition) is 3. The maximum Gasteiger partial charge on any atom is 0.306 e. The summed E-state index contributed by atoms with van der Waals surface area (Å²) in [5.74, 6) is -0.579. The van der Waals surface area contributed by atoms with Crippen molar-refractivity contribution in [3.05, 3.63) is 18.2 Å². The Labute approximate surface area is 111 Å². The first-order chi connectivity index (χ1) is 9.08. The van der Waals surface area contributed by atoms with Gasteiger partial charge in [0.1, 0.15) is 5.82 Å². The Balaban J connectivity index is 1.93. The Morgan fingerprint density at radius 2 is 2.21 bits per heavy atom. The van der Waals surface area contributed by atoms with E-state index in [0.29, 0.717) is 19.4 Å². The largest absolute Gasteiger partial charge is 0.481 e. The molecule has 0 aromatic carbocycles. The predicted molar refractivity (Wildman–Crippen MR) is 68.1 cm³/mol. The number of nitrogens with zero attached hydrogens (tertiary/aromatic N) is 2. The van der Waals surface area contributed by atoms with Crippen LogP contribution in [0.2, 0.25) is 0 Å². The van der Waals surface area contributed by atoms with Gasteiger partial charge in [0.25, 0.3) is 0 Å². The molecule has 1 heterocycles. The molecule has 1 saturated carbocycles. The van der Waals surface area contributed by atoms with Gasteiger partial charge in [-0.15, -0.1) is 0 Å². The smallest absolute Gasteiger partial charge is 0.306 e. The van der Waals surface area contributed by atoms with Crippen LogP contribution in [-0.2, 0) is 16.1 Å². The monoisotopic (exact) mass is 265 g/mol. The summed E-state index contributed by atoms with van der Waals surface area (Å²) < 4.78 is 0. The molecule has 1 aromatic rings. The third-order valence-electron chi connectivity index (χ3n) is 3.69. The number of nitrogens with one attached hydrogen (secondary N) is 1. The molecule has 6 nitrogen and oxygen atoms in total. The van der Waals surface area contributed by atoms with Gasteiger partial charge in [-0.1, -0.05) is 6.42 Å². The van der Waals surface area contributed by atoms with Crippen LogP contribution in [0.25, 0.3) is 0 Å². The Bertz CT molecular complexity index is 444. The van der Waals surface area contributed by atoms with Gasteiger partial charge in [-0.2, -0.15) is 0 Å². The Kier molecular flexibility index (Phi) is 4.19. The fraction of sp³-hybridized carbons (Fsp3) is 0.615. The van der Waals surface area contributed by atoms with Crippen LogP contribution in [0.3, 0.4) is 0 Å². The summed E-state index contributed by atoms with van der Waals surface area (Å²) >= 11 is 0. The van der Waals surface area contributed by atoms with Crippen molar-refractivity contribution in [2.24, 2.45) is 11.8 Å². The lowest BCUT2D eigenvalue weighted by molar-refractivity contribution is -0.145. The van der Waals surface area contributed by atoms with Crippen molar-refractivity contribution in [1.82, 2.24) is 14.9 Å². The standard InChI is InChI=1S/C13H19N3O3/c1-16(8-11-14-5-6-15-11)12(17)9-3-2-4-10(7-9)13(18)19/h5-6,9-10H,2-4,7-8H2,1H3,(H,14,15)(H,18,19). The number of aromatic amines is 1. The summed E-state index contributed by atoms with van der Waals surface area (Å²) in [5, 5.41) is 9.04. The van der Waals surface area contributed by atoms with E-state index < -0.39 is 5.97 Å². The van der Waals surface area contributed by atoms with Gasteiger partial charge in [-0.3, -0.25) is 9.59 Å². The number of carbonyl (C=O) groups is 2. The van der Waals surface area contributed by atoms with Gasteiger partial charge in [-0.05, 0) is 19.3 Å². The summed E-state index contributed by atoms with van der Waals surface area (Å²) in [7, 11) is 1.73. The summed E-state index contributed by atoms with van der Waals surface area (Å²) in [6.45, 7) is 0.431. The fourth-order valence-electron chi connectivity index (χ4n) is 2.64. The van der Waals surface area contributed by atoms with E-state index in [2.05, 4.69) is 9.97 Å². The highest BCUT2D eigenvalue weighted by molar-refractivity contribution is 5.80. The first-order valence-electron chi connectivity index (χ1n) is 6.54. The number of aliphatic carboxylic acids is 1. The molecule has 1 aliphatic rings. The second kappa shape index (κ2) is 5.86. The van der Waals surface area contributed by atoms with E-state index in [1.807, 2.05) is 0 Å². The van der Waals surface area contributed by atoms with E-state index in [0.717, 1.165) is 18.7 Å². The molecular weight excluding hydrogens is 246 g/mol. The van der Waals surface area contributed by atoms with E-state index in [1.54, 1.807) is 24.3 Å². The molecule has 1 aliphatic carbocycles. The number of carboxylic acid groups (broad SMARTS) is 1. The van der Waals surface area contributed by atoms with E-state index >= 15 is 0 Å². The van der Waals surface area contributed by atoms with Crippen molar-refractivity contribution in [2.75, 3.05) is 7.05 Å². The minimum absolute atomic E-state index is 0.0161. The van der Waals surface area contributed by atoms with Crippen LogP contribution in [0.15, 0.2) is 12.4 Å². The number of aromatic nitrogens is 2. The summed E-state index contributed by atoms with van der Waals surface area (Å²) in [6, 6.07) is 0. The third-order valence-corrected chi connectivity index (χ3v) is 3.69. The molecule has 0 radical (unpaired) electrons. The van der Waals surface area contributed by atoms with Crippen LogP contribution in [0.5, 0.6) is 0 Å². The molecule has 0 spiro atoms. The van der Waals surface area contributed by atoms with Crippen LogP contribution >= 0.6 is 0 Å². The van der Waals surface area contributed by atoms with Crippen LogP contribution in [0, 0.1) is 11.8 Å². The molecule has 1 amide bonds. The van der Waals surface area contributed by atoms with E-state index in [4.69, 9.17) is 5.11 Å². The molecular formula is C13H19N3O3. The molecule has 2 atom stereocenters. The number of carboxylic acids is 1. The van der Waals surface area contributed by atoms with Gasteiger partial charge in [0.2, 0.25) is 5.91 Å². The zero-order valence-electron chi connectivity index (χ0n) is 11.0. The van der Waals surface area contributed by atoms with Gasteiger partial charge < -0.3 is 15.0 Å². The molecule has 6 heteroatoms. The molecule has 19 heavy (non-hydrogen) atoms. The highest BCUT2D eigenvalue weighted by Gasteiger charge is 2.32. The summed E-state index contributed by atoms with van der Waals surface area (Å²) in [4.78, 5) is 31.9. The predicted octanol–water partition coefficient (Wildman–Crippen LogP) is 1.26. The average Bonchev–Trinajstić information content (AvgIpc) is 2.90. The zero-order valence-corrected chi connectivity index (χ0v) is 11.0. The molecule has 0 saturated heterocycles. The van der Waals surface area contributed by atoms with Gasteiger partial charge in [0.05, 0.1) is 12.5 Å². The Morgan fingerprint density at radius 3 is 2.84 bits per heavy atom. The van der Waals surface area contributed by atoms with Crippen molar-refractivity contribution >= 4 is 11.9 Å². The second-order valence-corrected chi connectivity index (χ2v) is 5.13. The fourth-order valence-corrected chi connectivity index (χ4v) is 2.64. The summed E-state index contributed by atoms with van der Waals surface area (Å²) in [6.07, 6.45) is 6.09. The van der Waals surface area contributed by atoms with Crippen molar-refractivity contribution in [3.63, 3.8) is 0 Å². The Hall–Kier alpha value is -1.85. The molecule has 2 unspecified atom stereocenters. The Morgan fingerprint density at radius 1 is 1.47 bits per heavy atom. The molecule has 2 N–H and O–H groups in total. The number of carbonyl (C=O) groups excluding carboxylic acids is 1. The molecule has 0 aliphatic heterocycles. The molecule has 104 valence electrons. The number of H-pyrrole nitrogens is 1. The van der Waals surface area contributed by atoms with Crippen LogP contribution in [-0.4, -0.2) is 38.9 Å². The molecule has 1 fully saturated rings. The lowest BCUT2D eigenvalue weighted by Crippen LogP contribution is -2.36. The highest BCUT2D eigenvalue weighted by atomic mass is 16.4. The van der Waals surface area contributed by atoms with Crippen molar-refractivity contribution in [1.29, 1.82) is 0 Å². The second-order valence-electron chi connectivity index (χ2n) is 5.13. The van der Waals surface area contributed by atoms with E-state index in [-0.39, 0.29) is 17.7 Å². The number of amides is 1. The number of rotatable bonds is 4. The zero-order chi connectivity index (χ0) is 13.8. The lowest BCUT2D eigenvalue weighted by atomic mass is 9.81. The van der Waals surface area contributed by atoms with Crippen LogP contribution < -0.4 is 0 Å². The van der Waals surface area contributed by atoms with Crippen LogP contribution in [0.1, 0.15) is 31.5 Å². The van der Waals surface area contributed by atoms with Gasteiger partial charge >= 0.3 is 5.97 Å². The number of hydrogen-bond donors (Lipinski definition) is 2. The minimum Gasteiger partial charge on any atom is -0.481 e. The molecule has 2 rings (SSSR count). The maximum atomic E-state index is 12.3. The topological polar surface area (TPSA) is 86.3 Å². The first kappa shape index (κ1) is 13.6. The summed E-state index contributed by atoms with van der Waals surface area (Å²) in [5.41, 5.74) is 0. The molecule has 0 bridgehead atoms. The van der Waals surface area contributed by atoms with E-state index in [1.165, 1.54) is 0 Å².